The molecule has 0 fully saturated rings. The lowest BCUT2D eigenvalue weighted by Crippen LogP contribution is -2.44. The van der Waals surface area contributed by atoms with Gasteiger partial charge in [0.2, 0.25) is 0 Å². The van der Waals surface area contributed by atoms with E-state index in [-0.39, 0.29) is 30.2 Å². The molecule has 5 rings (SSSR count). The highest BCUT2D eigenvalue weighted by Gasteiger charge is 2.32. The highest BCUT2D eigenvalue weighted by molar-refractivity contribution is 5.94. The maximum Gasteiger partial charge on any atom is 0.416 e. The summed E-state index contributed by atoms with van der Waals surface area (Å²) in [7, 11) is 1.79. The molecule has 10 heteroatoms. The van der Waals surface area contributed by atoms with Crippen molar-refractivity contribution >= 4 is 16.8 Å². The van der Waals surface area contributed by atoms with Crippen molar-refractivity contribution in [3.05, 3.63) is 81.4 Å². The smallest absolute Gasteiger partial charge is 0.348 e. The largest absolute Gasteiger partial charge is 0.416 e. The van der Waals surface area contributed by atoms with Crippen molar-refractivity contribution in [2.45, 2.75) is 33.1 Å². The number of alkyl halides is 3. The topological polar surface area (TPSA) is 65.1 Å². The molecule has 7 nitrogen and oxygen atoms in total. The molecule has 1 aliphatic rings. The fourth-order valence-corrected chi connectivity index (χ4v) is 4.58. The third kappa shape index (κ3) is 3.41. The Bertz CT molecular complexity index is 1510. The molecule has 4 heterocycles. The van der Waals surface area contributed by atoms with E-state index in [4.69, 9.17) is 0 Å². The highest BCUT2D eigenvalue weighted by Crippen LogP contribution is 2.34. The third-order valence-electron chi connectivity index (χ3n) is 6.54. The number of hydrogen-bond acceptors (Lipinski definition) is 3. The number of nitrogens with zero attached hydrogens (tertiary/aromatic N) is 5. The average molecular weight is 469 g/mol. The van der Waals surface area contributed by atoms with Gasteiger partial charge in [-0.1, -0.05) is 0 Å². The van der Waals surface area contributed by atoms with Crippen LogP contribution in [0.15, 0.2) is 47.7 Å². The summed E-state index contributed by atoms with van der Waals surface area (Å²) in [5.41, 5.74) is 2.52. The van der Waals surface area contributed by atoms with E-state index < -0.39 is 11.7 Å². The van der Waals surface area contributed by atoms with Crippen LogP contribution in [0.3, 0.4) is 0 Å². The van der Waals surface area contributed by atoms with Crippen molar-refractivity contribution < 1.29 is 18.0 Å². The van der Waals surface area contributed by atoms with E-state index in [9.17, 15) is 22.8 Å². The standard InChI is InChI=1S/C24H22F3N5O2/c1-14-11-31(13-28-14)20-6-7-21-22(33)30(8-9-32(21)23(20)34)12-18-15(2)29(3)19-5-4-16(10-17(18)19)24(25,26)27/h4-7,10-11,13H,8-9,12H2,1-3H3. The lowest BCUT2D eigenvalue weighted by atomic mass is 10.1. The van der Waals surface area contributed by atoms with Crippen molar-refractivity contribution in [3.8, 4) is 5.69 Å². The van der Waals surface area contributed by atoms with Gasteiger partial charge in [0.25, 0.3) is 11.5 Å². The van der Waals surface area contributed by atoms with Crippen LogP contribution in [-0.4, -0.2) is 36.0 Å². The van der Waals surface area contributed by atoms with Gasteiger partial charge in [-0.3, -0.25) is 9.59 Å². The first kappa shape index (κ1) is 22.0. The molecule has 0 N–H and O–H groups in total. The molecular weight excluding hydrogens is 447 g/mol. The van der Waals surface area contributed by atoms with Crippen molar-refractivity contribution in [2.75, 3.05) is 6.54 Å². The van der Waals surface area contributed by atoms with Crippen LogP contribution in [0.2, 0.25) is 0 Å². The summed E-state index contributed by atoms with van der Waals surface area (Å²) in [6.07, 6.45) is -1.17. The van der Waals surface area contributed by atoms with E-state index in [2.05, 4.69) is 4.98 Å². The molecular formula is C24H22F3N5O2. The van der Waals surface area contributed by atoms with E-state index >= 15 is 0 Å². The van der Waals surface area contributed by atoms with Crippen molar-refractivity contribution in [3.63, 3.8) is 0 Å². The second-order valence-electron chi connectivity index (χ2n) is 8.56. The zero-order chi connectivity index (χ0) is 24.4. The predicted octanol–water partition coefficient (Wildman–Crippen LogP) is 3.82. The lowest BCUT2D eigenvalue weighted by molar-refractivity contribution is -0.137. The van der Waals surface area contributed by atoms with Crippen molar-refractivity contribution in [2.24, 2.45) is 7.05 Å². The molecule has 0 aliphatic carbocycles. The molecule has 1 aliphatic heterocycles. The molecule has 0 bridgehead atoms. The maximum atomic E-state index is 13.3. The fraction of sp³-hybridized carbons (Fsp3) is 0.292. The van der Waals surface area contributed by atoms with Gasteiger partial charge in [-0.25, -0.2) is 4.98 Å². The molecule has 0 unspecified atom stereocenters. The number of aromatic nitrogens is 4. The van der Waals surface area contributed by atoms with Gasteiger partial charge in [0, 0.05) is 49.5 Å². The number of fused-ring (bicyclic) bond motifs is 2. The number of aryl methyl sites for hydroxylation is 2. The number of benzene rings is 1. The number of carbonyl (C=O) groups is 1. The number of rotatable bonds is 3. The van der Waals surface area contributed by atoms with Crippen molar-refractivity contribution in [1.82, 2.24) is 23.6 Å². The maximum absolute atomic E-state index is 13.3. The second-order valence-corrected chi connectivity index (χ2v) is 8.56. The van der Waals surface area contributed by atoms with E-state index in [0.29, 0.717) is 28.7 Å². The Balaban J connectivity index is 1.51. The van der Waals surface area contributed by atoms with Gasteiger partial charge in [0.1, 0.15) is 11.4 Å². The van der Waals surface area contributed by atoms with E-state index in [1.165, 1.54) is 10.6 Å². The molecule has 3 aromatic heterocycles. The minimum absolute atomic E-state index is 0.153. The summed E-state index contributed by atoms with van der Waals surface area (Å²) in [5, 5.41) is 0.469. The summed E-state index contributed by atoms with van der Waals surface area (Å²) in [6, 6.07) is 6.87. The summed E-state index contributed by atoms with van der Waals surface area (Å²) in [5.74, 6) is -0.333. The Labute approximate surface area is 192 Å². The van der Waals surface area contributed by atoms with Gasteiger partial charge in [-0.15, -0.1) is 0 Å². The van der Waals surface area contributed by atoms with Crippen molar-refractivity contribution in [1.29, 1.82) is 0 Å². The monoisotopic (exact) mass is 469 g/mol. The predicted molar refractivity (Wildman–Crippen MR) is 120 cm³/mol. The quantitative estimate of drug-likeness (QED) is 0.458. The third-order valence-corrected chi connectivity index (χ3v) is 6.54. The molecule has 0 radical (unpaired) electrons. The molecule has 176 valence electrons. The van der Waals surface area contributed by atoms with E-state index in [1.54, 1.807) is 41.2 Å². The number of pyridine rings is 1. The minimum atomic E-state index is -4.46. The number of hydrogen-bond donors (Lipinski definition) is 0. The summed E-state index contributed by atoms with van der Waals surface area (Å²) >= 11 is 0. The lowest BCUT2D eigenvalue weighted by Gasteiger charge is -2.30. The van der Waals surface area contributed by atoms with Gasteiger partial charge in [0.15, 0.2) is 0 Å². The van der Waals surface area contributed by atoms with Crippen LogP contribution in [0, 0.1) is 13.8 Å². The van der Waals surface area contributed by atoms with Crippen LogP contribution >= 0.6 is 0 Å². The zero-order valence-corrected chi connectivity index (χ0v) is 18.8. The Morgan fingerprint density at radius 2 is 1.82 bits per heavy atom. The highest BCUT2D eigenvalue weighted by atomic mass is 19.4. The van der Waals surface area contributed by atoms with Crippen LogP contribution in [0.25, 0.3) is 16.6 Å². The van der Waals surface area contributed by atoms with Gasteiger partial charge < -0.3 is 18.6 Å². The van der Waals surface area contributed by atoms with Crippen LogP contribution < -0.4 is 5.56 Å². The normalized spacial score (nSPS) is 14.2. The van der Waals surface area contributed by atoms with Crippen LogP contribution in [0.1, 0.15) is 33.0 Å². The number of carbonyl (C=O) groups excluding carboxylic acids is 1. The zero-order valence-electron chi connectivity index (χ0n) is 18.8. The van der Waals surface area contributed by atoms with Crippen LogP contribution in [-0.2, 0) is 26.3 Å². The minimum Gasteiger partial charge on any atom is -0.348 e. The Kier molecular flexibility index (Phi) is 4.92. The van der Waals surface area contributed by atoms with Gasteiger partial charge in [0.05, 0.1) is 17.6 Å². The first-order valence-corrected chi connectivity index (χ1v) is 10.8. The molecule has 4 aromatic rings. The molecule has 34 heavy (non-hydrogen) atoms. The summed E-state index contributed by atoms with van der Waals surface area (Å²) in [4.78, 5) is 32.0. The number of imidazole rings is 1. The molecule has 1 aromatic carbocycles. The fourth-order valence-electron chi connectivity index (χ4n) is 4.58. The van der Waals surface area contributed by atoms with Gasteiger partial charge in [-0.05, 0) is 49.7 Å². The SMILES string of the molecule is Cc1cn(-c2ccc3n(c2=O)CCN(Cc2c(C)n(C)c4ccc(C(F)(F)F)cc24)C3=O)cn1. The Morgan fingerprint density at radius 1 is 1.06 bits per heavy atom. The number of halogens is 3. The second kappa shape index (κ2) is 7.61. The molecule has 0 spiro atoms. The van der Waals surface area contributed by atoms with E-state index in [1.807, 2.05) is 18.4 Å². The number of amides is 1. The Hall–Kier alpha value is -3.82. The summed E-state index contributed by atoms with van der Waals surface area (Å²) < 4.78 is 44.9. The van der Waals surface area contributed by atoms with Gasteiger partial charge >= 0.3 is 6.18 Å². The van der Waals surface area contributed by atoms with Crippen LogP contribution in [0.4, 0.5) is 13.2 Å². The molecule has 0 atom stereocenters. The van der Waals surface area contributed by atoms with Crippen LogP contribution in [0.5, 0.6) is 0 Å². The molecule has 1 amide bonds. The average Bonchev–Trinajstić information content (AvgIpc) is 3.32. The summed E-state index contributed by atoms with van der Waals surface area (Å²) in [6.45, 7) is 4.36. The van der Waals surface area contributed by atoms with Gasteiger partial charge in [-0.2, -0.15) is 13.2 Å². The first-order valence-electron chi connectivity index (χ1n) is 10.8. The first-order chi connectivity index (χ1) is 16.1. The van der Waals surface area contributed by atoms with E-state index in [0.717, 1.165) is 23.5 Å². The Morgan fingerprint density at radius 3 is 2.50 bits per heavy atom. The molecule has 0 saturated carbocycles. The molecule has 0 saturated heterocycles.